The van der Waals surface area contributed by atoms with E-state index in [9.17, 15) is 4.79 Å². The van der Waals surface area contributed by atoms with Crippen LogP contribution in [0, 0.1) is 18.8 Å². The molecule has 0 atom stereocenters. The summed E-state index contributed by atoms with van der Waals surface area (Å²) in [6, 6.07) is 3.49. The van der Waals surface area contributed by atoms with Crippen molar-refractivity contribution in [3.05, 3.63) is 53.6 Å². The summed E-state index contributed by atoms with van der Waals surface area (Å²) < 4.78 is 0. The fourth-order valence-corrected chi connectivity index (χ4v) is 1.64. The number of anilines is 1. The van der Waals surface area contributed by atoms with E-state index < -0.39 is 0 Å². The number of carbonyl (C=O) groups is 1. The highest BCUT2D eigenvalue weighted by atomic mass is 16.2. The van der Waals surface area contributed by atoms with Gasteiger partial charge in [0.2, 0.25) is 0 Å². The van der Waals surface area contributed by atoms with Gasteiger partial charge in [-0.3, -0.25) is 14.8 Å². The molecular weight excluding hydrogens is 266 g/mol. The molecule has 2 heterocycles. The summed E-state index contributed by atoms with van der Waals surface area (Å²) in [5.74, 6) is 5.39. The summed E-state index contributed by atoms with van der Waals surface area (Å²) in [6.07, 6.45) is 6.73. The number of pyridine rings is 2. The van der Waals surface area contributed by atoms with Gasteiger partial charge in [-0.15, -0.1) is 0 Å². The van der Waals surface area contributed by atoms with E-state index in [4.69, 9.17) is 5.11 Å². The lowest BCUT2D eigenvalue weighted by molar-refractivity contribution is 0.102. The number of aromatic nitrogens is 2. The van der Waals surface area contributed by atoms with Crippen molar-refractivity contribution in [2.24, 2.45) is 0 Å². The molecule has 0 saturated carbocycles. The quantitative estimate of drug-likeness (QED) is 0.841. The molecule has 1 amide bonds. The summed E-state index contributed by atoms with van der Waals surface area (Å²) in [4.78, 5) is 20.2. The molecule has 2 N–H and O–H groups in total. The van der Waals surface area contributed by atoms with Crippen LogP contribution in [0.1, 0.15) is 27.9 Å². The first kappa shape index (κ1) is 14.7. The molecule has 0 saturated heterocycles. The molecule has 0 radical (unpaired) electrons. The smallest absolute Gasteiger partial charge is 0.257 e. The predicted octanol–water partition coefficient (Wildman–Crippen LogP) is 1.77. The Labute approximate surface area is 123 Å². The highest BCUT2D eigenvalue weighted by molar-refractivity contribution is 6.04. The van der Waals surface area contributed by atoms with Crippen molar-refractivity contribution < 1.29 is 9.90 Å². The summed E-state index contributed by atoms with van der Waals surface area (Å²) >= 11 is 0. The molecule has 0 aliphatic carbocycles. The largest absolute Gasteiger partial charge is 0.395 e. The standard InChI is InChI=1S/C16H15N3O2/c1-12-5-6-17-11-15(12)19-16(21)14-8-13(9-18-10-14)4-2-3-7-20/h5-6,8-11,20H,3,7H2,1H3,(H,19,21). The van der Waals surface area contributed by atoms with Crippen LogP contribution in [0.3, 0.4) is 0 Å². The number of nitrogens with one attached hydrogen (secondary N) is 1. The summed E-state index contributed by atoms with van der Waals surface area (Å²) in [6.45, 7) is 1.91. The van der Waals surface area contributed by atoms with Crippen LogP contribution in [-0.4, -0.2) is 27.6 Å². The second kappa shape index (κ2) is 7.17. The molecule has 2 aromatic heterocycles. The number of carbonyl (C=O) groups excluding carboxylic acids is 1. The second-order valence-corrected chi connectivity index (χ2v) is 4.38. The van der Waals surface area contributed by atoms with E-state index in [0.717, 1.165) is 5.56 Å². The zero-order valence-electron chi connectivity index (χ0n) is 11.6. The first-order valence-electron chi connectivity index (χ1n) is 6.47. The number of aliphatic hydroxyl groups is 1. The third-order valence-electron chi connectivity index (χ3n) is 2.76. The highest BCUT2D eigenvalue weighted by Gasteiger charge is 2.08. The zero-order chi connectivity index (χ0) is 15.1. The molecule has 0 fully saturated rings. The molecule has 2 aromatic rings. The van der Waals surface area contributed by atoms with Crippen LogP contribution in [0.4, 0.5) is 5.69 Å². The molecule has 106 valence electrons. The van der Waals surface area contributed by atoms with E-state index >= 15 is 0 Å². The highest BCUT2D eigenvalue weighted by Crippen LogP contribution is 2.13. The Kier molecular flexibility index (Phi) is 5.02. The Hall–Kier alpha value is -2.71. The molecule has 0 bridgehead atoms. The summed E-state index contributed by atoms with van der Waals surface area (Å²) in [5, 5.41) is 11.5. The molecule has 0 spiro atoms. The van der Waals surface area contributed by atoms with Gasteiger partial charge in [0.05, 0.1) is 24.1 Å². The molecule has 5 nitrogen and oxygen atoms in total. The maximum Gasteiger partial charge on any atom is 0.257 e. The number of hydrogen-bond donors (Lipinski definition) is 2. The van der Waals surface area contributed by atoms with E-state index in [1.807, 2.05) is 13.0 Å². The molecule has 2 rings (SSSR count). The number of amides is 1. The fourth-order valence-electron chi connectivity index (χ4n) is 1.64. The van der Waals surface area contributed by atoms with Crippen molar-refractivity contribution >= 4 is 11.6 Å². The Morgan fingerprint density at radius 1 is 1.33 bits per heavy atom. The Bertz CT molecular complexity index is 702. The first-order valence-corrected chi connectivity index (χ1v) is 6.47. The van der Waals surface area contributed by atoms with Gasteiger partial charge in [0.25, 0.3) is 5.91 Å². The van der Waals surface area contributed by atoms with Crippen LogP contribution in [0.25, 0.3) is 0 Å². The fraction of sp³-hybridized carbons (Fsp3) is 0.188. The second-order valence-electron chi connectivity index (χ2n) is 4.38. The Balaban J connectivity index is 2.15. The van der Waals surface area contributed by atoms with E-state index in [2.05, 4.69) is 27.1 Å². The lowest BCUT2D eigenvalue weighted by Crippen LogP contribution is -2.13. The van der Waals surface area contributed by atoms with Gasteiger partial charge in [-0.1, -0.05) is 11.8 Å². The van der Waals surface area contributed by atoms with Gasteiger partial charge in [0.1, 0.15) is 0 Å². The van der Waals surface area contributed by atoms with Crippen LogP contribution < -0.4 is 5.32 Å². The van der Waals surface area contributed by atoms with Crippen LogP contribution in [-0.2, 0) is 0 Å². The third kappa shape index (κ3) is 4.13. The van der Waals surface area contributed by atoms with E-state index in [-0.39, 0.29) is 12.5 Å². The van der Waals surface area contributed by atoms with Gasteiger partial charge < -0.3 is 10.4 Å². The van der Waals surface area contributed by atoms with Crippen LogP contribution >= 0.6 is 0 Å². The minimum absolute atomic E-state index is 0.0148. The molecule has 5 heteroatoms. The molecule has 0 aliphatic heterocycles. The maximum absolute atomic E-state index is 12.2. The molecule has 0 aliphatic rings. The SMILES string of the molecule is Cc1ccncc1NC(=O)c1cncc(C#CCCO)c1. The van der Waals surface area contributed by atoms with Crippen molar-refractivity contribution in [3.63, 3.8) is 0 Å². The van der Waals surface area contributed by atoms with Gasteiger partial charge >= 0.3 is 0 Å². The minimum Gasteiger partial charge on any atom is -0.395 e. The average molecular weight is 281 g/mol. The average Bonchev–Trinajstić information content (AvgIpc) is 2.50. The minimum atomic E-state index is -0.260. The predicted molar refractivity (Wildman–Crippen MR) is 79.7 cm³/mol. The van der Waals surface area contributed by atoms with Gasteiger partial charge in [-0.2, -0.15) is 0 Å². The van der Waals surface area contributed by atoms with Gasteiger partial charge in [0.15, 0.2) is 0 Å². The number of nitrogens with zero attached hydrogens (tertiary/aromatic N) is 2. The molecule has 0 unspecified atom stereocenters. The topological polar surface area (TPSA) is 75.1 Å². The van der Waals surface area contributed by atoms with E-state index in [0.29, 0.717) is 23.2 Å². The monoisotopic (exact) mass is 281 g/mol. The van der Waals surface area contributed by atoms with Crippen molar-refractivity contribution in [3.8, 4) is 11.8 Å². The zero-order valence-corrected chi connectivity index (χ0v) is 11.6. The summed E-state index contributed by atoms with van der Waals surface area (Å²) in [7, 11) is 0. The molecule has 21 heavy (non-hydrogen) atoms. The van der Waals surface area contributed by atoms with Crippen LogP contribution in [0.2, 0.25) is 0 Å². The van der Waals surface area contributed by atoms with Crippen molar-refractivity contribution in [1.29, 1.82) is 0 Å². The normalized spacial score (nSPS) is 9.62. The van der Waals surface area contributed by atoms with E-state index in [1.165, 1.54) is 6.20 Å². The van der Waals surface area contributed by atoms with Gasteiger partial charge in [0, 0.05) is 30.6 Å². The van der Waals surface area contributed by atoms with E-state index in [1.54, 1.807) is 24.7 Å². The van der Waals surface area contributed by atoms with Crippen LogP contribution in [0.5, 0.6) is 0 Å². The van der Waals surface area contributed by atoms with Crippen molar-refractivity contribution in [2.45, 2.75) is 13.3 Å². The lowest BCUT2D eigenvalue weighted by atomic mass is 10.2. The first-order chi connectivity index (χ1) is 10.2. The van der Waals surface area contributed by atoms with Gasteiger partial charge in [-0.05, 0) is 24.6 Å². The number of hydrogen-bond acceptors (Lipinski definition) is 4. The number of aliphatic hydroxyl groups excluding tert-OH is 1. The summed E-state index contributed by atoms with van der Waals surface area (Å²) in [5.41, 5.74) is 2.66. The van der Waals surface area contributed by atoms with Gasteiger partial charge in [-0.25, -0.2) is 0 Å². The van der Waals surface area contributed by atoms with Crippen LogP contribution in [0.15, 0.2) is 36.9 Å². The lowest BCUT2D eigenvalue weighted by Gasteiger charge is -2.07. The number of aryl methyl sites for hydroxylation is 1. The third-order valence-corrected chi connectivity index (χ3v) is 2.76. The molecular formula is C16H15N3O2. The maximum atomic E-state index is 12.2. The Morgan fingerprint density at radius 2 is 2.19 bits per heavy atom. The van der Waals surface area contributed by atoms with Crippen molar-refractivity contribution in [2.75, 3.05) is 11.9 Å². The molecule has 0 aromatic carbocycles. The Morgan fingerprint density at radius 3 is 2.95 bits per heavy atom. The number of rotatable bonds is 3. The van der Waals surface area contributed by atoms with Crippen molar-refractivity contribution in [1.82, 2.24) is 9.97 Å².